The maximum absolute atomic E-state index is 13.7. The zero-order valence-corrected chi connectivity index (χ0v) is 19.1. The number of piperazine rings is 1. The van der Waals surface area contributed by atoms with Gasteiger partial charge >= 0.3 is 0 Å². The maximum atomic E-state index is 13.7. The SMILES string of the molecule is O=C(C1c2ccccc2Oc2ccccc21)N1CCN(c2ccc(Oc3ccccc3)nn2)CC1. The number of amides is 1. The van der Waals surface area contributed by atoms with E-state index in [1.807, 2.05) is 95.9 Å². The van der Waals surface area contributed by atoms with Crippen LogP contribution < -0.4 is 14.4 Å². The van der Waals surface area contributed by atoms with Gasteiger partial charge in [0.1, 0.15) is 17.2 Å². The Morgan fingerprint density at radius 3 is 2.00 bits per heavy atom. The van der Waals surface area contributed by atoms with Crippen molar-refractivity contribution < 1.29 is 14.3 Å². The number of carbonyl (C=O) groups is 1. The van der Waals surface area contributed by atoms with Crippen LogP contribution in [0.2, 0.25) is 0 Å². The lowest BCUT2D eigenvalue weighted by Gasteiger charge is -2.38. The molecule has 3 aromatic carbocycles. The van der Waals surface area contributed by atoms with Crippen LogP contribution in [0.15, 0.2) is 91.0 Å². The molecule has 174 valence electrons. The summed E-state index contributed by atoms with van der Waals surface area (Å²) in [6.45, 7) is 2.60. The van der Waals surface area contributed by atoms with Crippen LogP contribution in [0.1, 0.15) is 17.0 Å². The molecular weight excluding hydrogens is 440 g/mol. The molecule has 1 saturated heterocycles. The van der Waals surface area contributed by atoms with E-state index < -0.39 is 0 Å². The molecule has 2 aliphatic heterocycles. The number of nitrogens with zero attached hydrogens (tertiary/aromatic N) is 4. The normalized spacial score (nSPS) is 15.1. The van der Waals surface area contributed by atoms with Gasteiger partial charge in [0.15, 0.2) is 5.82 Å². The first-order chi connectivity index (χ1) is 17.3. The first-order valence-electron chi connectivity index (χ1n) is 11.7. The van der Waals surface area contributed by atoms with Crippen LogP contribution in [-0.4, -0.2) is 47.2 Å². The number of aromatic nitrogens is 2. The van der Waals surface area contributed by atoms with Crippen molar-refractivity contribution >= 4 is 11.7 Å². The third kappa shape index (κ3) is 4.17. The molecular formula is C28H24N4O3. The van der Waals surface area contributed by atoms with Gasteiger partial charge in [0.2, 0.25) is 11.8 Å². The Balaban J connectivity index is 1.15. The highest BCUT2D eigenvalue weighted by molar-refractivity contribution is 5.90. The van der Waals surface area contributed by atoms with E-state index in [2.05, 4.69) is 15.1 Å². The Hall–Kier alpha value is -4.39. The molecule has 0 atom stereocenters. The summed E-state index contributed by atoms with van der Waals surface area (Å²) >= 11 is 0. The molecule has 1 fully saturated rings. The molecule has 35 heavy (non-hydrogen) atoms. The number of anilines is 1. The highest BCUT2D eigenvalue weighted by atomic mass is 16.5. The Morgan fingerprint density at radius 2 is 1.37 bits per heavy atom. The number of hydrogen-bond donors (Lipinski definition) is 0. The molecule has 2 aliphatic rings. The van der Waals surface area contributed by atoms with Crippen LogP contribution in [0, 0.1) is 0 Å². The minimum Gasteiger partial charge on any atom is -0.457 e. The van der Waals surface area contributed by atoms with E-state index in [0.29, 0.717) is 32.1 Å². The van der Waals surface area contributed by atoms with Crippen LogP contribution in [0.3, 0.4) is 0 Å². The molecule has 0 aliphatic carbocycles. The molecule has 0 spiro atoms. The van der Waals surface area contributed by atoms with Gasteiger partial charge in [0, 0.05) is 43.4 Å². The molecule has 1 amide bonds. The molecule has 7 heteroatoms. The van der Waals surface area contributed by atoms with Crippen LogP contribution in [-0.2, 0) is 4.79 Å². The predicted molar refractivity (Wildman–Crippen MR) is 132 cm³/mol. The third-order valence-electron chi connectivity index (χ3n) is 6.43. The number of fused-ring (bicyclic) bond motifs is 2. The van der Waals surface area contributed by atoms with Crippen molar-refractivity contribution in [2.75, 3.05) is 31.1 Å². The van der Waals surface area contributed by atoms with Crippen LogP contribution >= 0.6 is 0 Å². The van der Waals surface area contributed by atoms with Gasteiger partial charge in [0.25, 0.3) is 0 Å². The van der Waals surface area contributed by atoms with E-state index in [1.165, 1.54) is 0 Å². The fourth-order valence-electron chi connectivity index (χ4n) is 4.66. The second kappa shape index (κ2) is 9.10. The lowest BCUT2D eigenvalue weighted by molar-refractivity contribution is -0.132. The number of hydrogen-bond acceptors (Lipinski definition) is 6. The summed E-state index contributed by atoms with van der Waals surface area (Å²) in [7, 11) is 0. The average Bonchev–Trinajstić information content (AvgIpc) is 2.92. The molecule has 0 unspecified atom stereocenters. The molecule has 1 aromatic heterocycles. The topological polar surface area (TPSA) is 67.8 Å². The zero-order chi connectivity index (χ0) is 23.6. The smallest absolute Gasteiger partial charge is 0.238 e. The fourth-order valence-corrected chi connectivity index (χ4v) is 4.66. The number of rotatable bonds is 4. The predicted octanol–water partition coefficient (Wildman–Crippen LogP) is 4.86. The van der Waals surface area contributed by atoms with Gasteiger partial charge in [0.05, 0.1) is 5.92 Å². The van der Waals surface area contributed by atoms with Crippen LogP contribution in [0.25, 0.3) is 0 Å². The van der Waals surface area contributed by atoms with Crippen molar-refractivity contribution in [1.29, 1.82) is 0 Å². The quantitative estimate of drug-likeness (QED) is 0.430. The number of ether oxygens (including phenoxy) is 2. The lowest BCUT2D eigenvalue weighted by atomic mass is 9.86. The molecule has 7 nitrogen and oxygen atoms in total. The summed E-state index contributed by atoms with van der Waals surface area (Å²) in [5.41, 5.74) is 1.83. The summed E-state index contributed by atoms with van der Waals surface area (Å²) < 4.78 is 11.8. The van der Waals surface area contributed by atoms with Crippen molar-refractivity contribution in [1.82, 2.24) is 15.1 Å². The first-order valence-corrected chi connectivity index (χ1v) is 11.7. The Morgan fingerprint density at radius 1 is 0.743 bits per heavy atom. The number of benzene rings is 3. The van der Waals surface area contributed by atoms with Gasteiger partial charge in [-0.25, -0.2) is 0 Å². The summed E-state index contributed by atoms with van der Waals surface area (Å²) in [4.78, 5) is 17.8. The van der Waals surface area contributed by atoms with E-state index in [9.17, 15) is 4.79 Å². The van der Waals surface area contributed by atoms with Crippen molar-refractivity contribution in [3.05, 3.63) is 102 Å². The zero-order valence-electron chi connectivity index (χ0n) is 19.1. The van der Waals surface area contributed by atoms with Gasteiger partial charge in [-0.1, -0.05) is 54.6 Å². The maximum Gasteiger partial charge on any atom is 0.238 e. The average molecular weight is 465 g/mol. The molecule has 4 aromatic rings. The first kappa shape index (κ1) is 21.2. The number of para-hydroxylation sites is 3. The van der Waals surface area contributed by atoms with E-state index in [4.69, 9.17) is 9.47 Å². The summed E-state index contributed by atoms with van der Waals surface area (Å²) in [5.74, 6) is 3.18. The summed E-state index contributed by atoms with van der Waals surface area (Å²) in [5, 5.41) is 8.57. The second-order valence-electron chi connectivity index (χ2n) is 8.57. The highest BCUT2D eigenvalue weighted by Gasteiger charge is 2.36. The molecule has 0 radical (unpaired) electrons. The van der Waals surface area contributed by atoms with Gasteiger partial charge in [-0.05, 0) is 30.3 Å². The van der Waals surface area contributed by atoms with Crippen molar-refractivity contribution in [2.24, 2.45) is 0 Å². The van der Waals surface area contributed by atoms with Crippen molar-refractivity contribution in [3.63, 3.8) is 0 Å². The van der Waals surface area contributed by atoms with E-state index in [1.54, 1.807) is 0 Å². The van der Waals surface area contributed by atoms with Crippen LogP contribution in [0.4, 0.5) is 5.82 Å². The minimum atomic E-state index is -0.364. The molecule has 0 bridgehead atoms. The number of carbonyl (C=O) groups excluding carboxylic acids is 1. The second-order valence-corrected chi connectivity index (χ2v) is 8.57. The minimum absolute atomic E-state index is 0.102. The van der Waals surface area contributed by atoms with Crippen molar-refractivity contribution in [2.45, 2.75) is 5.92 Å². The molecule has 0 N–H and O–H groups in total. The highest BCUT2D eigenvalue weighted by Crippen LogP contribution is 2.44. The van der Waals surface area contributed by atoms with E-state index >= 15 is 0 Å². The lowest BCUT2D eigenvalue weighted by Crippen LogP contribution is -2.50. The Bertz CT molecular complexity index is 1290. The molecule has 3 heterocycles. The Labute approximate surface area is 203 Å². The fraction of sp³-hybridized carbons (Fsp3) is 0.179. The van der Waals surface area contributed by atoms with Gasteiger partial charge in [-0.3, -0.25) is 4.79 Å². The standard InChI is InChI=1S/C28H24N4O3/c33-28(27-21-10-4-6-12-23(21)35-24-13-7-5-11-22(24)27)32-18-16-31(17-19-32)25-14-15-26(30-29-25)34-20-8-2-1-3-9-20/h1-15,27H,16-19H2. The van der Waals surface area contributed by atoms with Gasteiger partial charge in [-0.2, -0.15) is 0 Å². The van der Waals surface area contributed by atoms with Gasteiger partial charge in [-0.15, -0.1) is 10.2 Å². The molecule has 0 saturated carbocycles. The third-order valence-corrected chi connectivity index (χ3v) is 6.43. The monoisotopic (exact) mass is 464 g/mol. The largest absolute Gasteiger partial charge is 0.457 e. The summed E-state index contributed by atoms with van der Waals surface area (Å²) in [6, 6.07) is 28.8. The van der Waals surface area contributed by atoms with Crippen LogP contribution in [0.5, 0.6) is 23.1 Å². The van der Waals surface area contributed by atoms with Gasteiger partial charge < -0.3 is 19.3 Å². The van der Waals surface area contributed by atoms with E-state index in [-0.39, 0.29) is 11.8 Å². The van der Waals surface area contributed by atoms with Crippen molar-refractivity contribution in [3.8, 4) is 23.1 Å². The molecule has 6 rings (SSSR count). The van der Waals surface area contributed by atoms with E-state index in [0.717, 1.165) is 34.2 Å². The summed E-state index contributed by atoms with van der Waals surface area (Å²) in [6.07, 6.45) is 0. The Kier molecular flexibility index (Phi) is 5.50.